The van der Waals surface area contributed by atoms with Crippen LogP contribution in [0, 0.1) is 0 Å². The molecule has 2 aromatic rings. The molecule has 4 heteroatoms. The lowest BCUT2D eigenvalue weighted by atomic mass is 10.1. The van der Waals surface area contributed by atoms with Crippen molar-refractivity contribution < 1.29 is 5.11 Å². The van der Waals surface area contributed by atoms with Gasteiger partial charge in [-0.2, -0.15) is 0 Å². The first-order chi connectivity index (χ1) is 7.85. The number of hydrogen-bond acceptors (Lipinski definition) is 3. The summed E-state index contributed by atoms with van der Waals surface area (Å²) in [6, 6.07) is 6.28. The summed E-state index contributed by atoms with van der Waals surface area (Å²) in [5, 5.41) is 12.4. The van der Waals surface area contributed by atoms with Crippen LogP contribution in [0.1, 0.15) is 19.8 Å². The largest absolute Gasteiger partial charge is 0.396 e. The highest BCUT2D eigenvalue weighted by Crippen LogP contribution is 2.14. The Hall–Kier alpha value is -1.55. The molecule has 0 saturated carbocycles. The maximum atomic E-state index is 8.96. The Morgan fingerprint density at radius 3 is 3.12 bits per heavy atom. The fraction of sp³-hybridized carbons (Fsp3) is 0.417. The van der Waals surface area contributed by atoms with Crippen LogP contribution in [0.2, 0.25) is 0 Å². The van der Waals surface area contributed by atoms with Gasteiger partial charge in [-0.15, -0.1) is 0 Å². The quantitative estimate of drug-likeness (QED) is 0.807. The molecular weight excluding hydrogens is 202 g/mol. The average molecular weight is 219 g/mol. The predicted molar refractivity (Wildman–Crippen MR) is 64.6 cm³/mol. The van der Waals surface area contributed by atoms with Gasteiger partial charge in [-0.1, -0.05) is 13.0 Å². The summed E-state index contributed by atoms with van der Waals surface area (Å²) >= 11 is 0. The SMILES string of the molecule is CCC(CCO)Nc1cccc2nccn12. The number of anilines is 1. The molecule has 0 saturated heterocycles. The van der Waals surface area contributed by atoms with Crippen LogP contribution >= 0.6 is 0 Å². The van der Waals surface area contributed by atoms with E-state index in [4.69, 9.17) is 5.11 Å². The number of pyridine rings is 1. The molecule has 0 radical (unpaired) electrons. The monoisotopic (exact) mass is 219 g/mol. The van der Waals surface area contributed by atoms with Crippen LogP contribution in [-0.4, -0.2) is 27.1 Å². The lowest BCUT2D eigenvalue weighted by Gasteiger charge is -2.18. The molecule has 0 aliphatic rings. The van der Waals surface area contributed by atoms with E-state index in [0.29, 0.717) is 6.04 Å². The van der Waals surface area contributed by atoms with Gasteiger partial charge in [0.1, 0.15) is 11.5 Å². The molecule has 0 bridgehead atoms. The van der Waals surface area contributed by atoms with E-state index >= 15 is 0 Å². The standard InChI is InChI=1S/C12H17N3O/c1-2-10(6-9-16)14-12-5-3-4-11-13-7-8-15(11)12/h3-5,7-8,10,14,16H,2,6,9H2,1H3. The molecule has 86 valence electrons. The molecule has 4 nitrogen and oxygen atoms in total. The summed E-state index contributed by atoms with van der Waals surface area (Å²) in [6.45, 7) is 2.33. The van der Waals surface area contributed by atoms with E-state index in [-0.39, 0.29) is 6.61 Å². The van der Waals surface area contributed by atoms with Crippen molar-refractivity contribution in [1.29, 1.82) is 0 Å². The highest BCUT2D eigenvalue weighted by atomic mass is 16.3. The van der Waals surface area contributed by atoms with Crippen molar-refractivity contribution in [2.75, 3.05) is 11.9 Å². The van der Waals surface area contributed by atoms with Crippen LogP contribution in [0.15, 0.2) is 30.6 Å². The molecule has 0 aliphatic heterocycles. The second kappa shape index (κ2) is 4.99. The molecule has 1 atom stereocenters. The third kappa shape index (κ3) is 2.17. The smallest absolute Gasteiger partial charge is 0.138 e. The molecular formula is C12H17N3O. The summed E-state index contributed by atoms with van der Waals surface area (Å²) in [5.41, 5.74) is 0.934. The third-order valence-corrected chi connectivity index (χ3v) is 2.75. The molecule has 2 aromatic heterocycles. The van der Waals surface area contributed by atoms with Gasteiger partial charge >= 0.3 is 0 Å². The van der Waals surface area contributed by atoms with E-state index in [1.54, 1.807) is 6.20 Å². The second-order valence-corrected chi connectivity index (χ2v) is 3.83. The zero-order chi connectivity index (χ0) is 11.4. The van der Waals surface area contributed by atoms with Crippen LogP contribution < -0.4 is 5.32 Å². The van der Waals surface area contributed by atoms with Crippen LogP contribution in [0.25, 0.3) is 5.65 Å². The fourth-order valence-electron chi connectivity index (χ4n) is 1.81. The first kappa shape index (κ1) is 11.0. The van der Waals surface area contributed by atoms with Crippen molar-refractivity contribution in [2.24, 2.45) is 0 Å². The number of hydrogen-bond donors (Lipinski definition) is 2. The molecule has 0 aromatic carbocycles. The summed E-state index contributed by atoms with van der Waals surface area (Å²) in [4.78, 5) is 4.23. The minimum Gasteiger partial charge on any atom is -0.396 e. The van der Waals surface area contributed by atoms with Gasteiger partial charge in [0, 0.05) is 25.0 Å². The first-order valence-electron chi connectivity index (χ1n) is 5.64. The molecule has 2 N–H and O–H groups in total. The van der Waals surface area contributed by atoms with E-state index < -0.39 is 0 Å². The van der Waals surface area contributed by atoms with E-state index in [9.17, 15) is 0 Å². The fourth-order valence-corrected chi connectivity index (χ4v) is 1.81. The van der Waals surface area contributed by atoms with Gasteiger partial charge in [0.15, 0.2) is 0 Å². The maximum absolute atomic E-state index is 8.96. The number of aliphatic hydroxyl groups excluding tert-OH is 1. The second-order valence-electron chi connectivity index (χ2n) is 3.83. The minimum atomic E-state index is 0.214. The van der Waals surface area contributed by atoms with Crippen molar-refractivity contribution in [3.05, 3.63) is 30.6 Å². The minimum absolute atomic E-state index is 0.214. The van der Waals surface area contributed by atoms with Gasteiger partial charge in [0.2, 0.25) is 0 Å². The van der Waals surface area contributed by atoms with Crippen molar-refractivity contribution >= 4 is 11.5 Å². The zero-order valence-corrected chi connectivity index (χ0v) is 9.43. The van der Waals surface area contributed by atoms with Gasteiger partial charge in [-0.3, -0.25) is 4.40 Å². The Kier molecular flexibility index (Phi) is 3.41. The number of nitrogens with zero attached hydrogens (tertiary/aromatic N) is 2. The van der Waals surface area contributed by atoms with E-state index in [2.05, 4.69) is 17.2 Å². The molecule has 0 fully saturated rings. The number of nitrogens with one attached hydrogen (secondary N) is 1. The number of aromatic nitrogens is 2. The molecule has 2 rings (SSSR count). The Bertz CT molecular complexity index is 452. The van der Waals surface area contributed by atoms with Crippen LogP contribution in [0.4, 0.5) is 5.82 Å². The lowest BCUT2D eigenvalue weighted by Crippen LogP contribution is -2.21. The summed E-state index contributed by atoms with van der Waals surface area (Å²) in [6.07, 6.45) is 5.48. The Labute approximate surface area is 94.9 Å². The van der Waals surface area contributed by atoms with E-state index in [1.807, 2.05) is 28.8 Å². The Morgan fingerprint density at radius 1 is 1.50 bits per heavy atom. The topological polar surface area (TPSA) is 49.6 Å². The van der Waals surface area contributed by atoms with E-state index in [0.717, 1.165) is 24.3 Å². The average Bonchev–Trinajstić information content (AvgIpc) is 2.77. The zero-order valence-electron chi connectivity index (χ0n) is 9.43. The van der Waals surface area contributed by atoms with Crippen molar-refractivity contribution in [3.63, 3.8) is 0 Å². The Balaban J connectivity index is 2.22. The molecule has 0 aliphatic carbocycles. The summed E-state index contributed by atoms with van der Waals surface area (Å²) in [7, 11) is 0. The summed E-state index contributed by atoms with van der Waals surface area (Å²) in [5.74, 6) is 1.02. The molecule has 16 heavy (non-hydrogen) atoms. The molecule has 2 heterocycles. The van der Waals surface area contributed by atoms with E-state index in [1.165, 1.54) is 0 Å². The van der Waals surface area contributed by atoms with Gasteiger partial charge in [-0.05, 0) is 25.0 Å². The molecule has 0 amide bonds. The normalized spacial score (nSPS) is 12.9. The highest BCUT2D eigenvalue weighted by molar-refractivity contribution is 5.50. The highest BCUT2D eigenvalue weighted by Gasteiger charge is 2.07. The van der Waals surface area contributed by atoms with Crippen LogP contribution in [-0.2, 0) is 0 Å². The first-order valence-corrected chi connectivity index (χ1v) is 5.64. The number of imidazole rings is 1. The number of rotatable bonds is 5. The van der Waals surface area contributed by atoms with Crippen LogP contribution in [0.3, 0.4) is 0 Å². The van der Waals surface area contributed by atoms with Gasteiger partial charge in [0.05, 0.1) is 0 Å². The van der Waals surface area contributed by atoms with Crippen molar-refractivity contribution in [1.82, 2.24) is 9.38 Å². The number of fused-ring (bicyclic) bond motifs is 1. The molecule has 0 spiro atoms. The lowest BCUT2D eigenvalue weighted by molar-refractivity contribution is 0.278. The maximum Gasteiger partial charge on any atom is 0.138 e. The van der Waals surface area contributed by atoms with Gasteiger partial charge in [-0.25, -0.2) is 4.98 Å². The van der Waals surface area contributed by atoms with Gasteiger partial charge < -0.3 is 10.4 Å². The van der Waals surface area contributed by atoms with Gasteiger partial charge in [0.25, 0.3) is 0 Å². The van der Waals surface area contributed by atoms with Crippen LogP contribution in [0.5, 0.6) is 0 Å². The number of aliphatic hydroxyl groups is 1. The predicted octanol–water partition coefficient (Wildman–Crippen LogP) is 1.91. The summed E-state index contributed by atoms with van der Waals surface area (Å²) < 4.78 is 2.01. The van der Waals surface area contributed by atoms with Crippen molar-refractivity contribution in [2.45, 2.75) is 25.8 Å². The Morgan fingerprint density at radius 2 is 2.38 bits per heavy atom. The molecule has 1 unspecified atom stereocenters. The third-order valence-electron chi connectivity index (χ3n) is 2.75. The van der Waals surface area contributed by atoms with Crippen molar-refractivity contribution in [3.8, 4) is 0 Å².